The van der Waals surface area contributed by atoms with E-state index in [4.69, 9.17) is 0 Å². The van der Waals surface area contributed by atoms with Gasteiger partial charge < -0.3 is 9.64 Å². The van der Waals surface area contributed by atoms with Crippen molar-refractivity contribution in [2.45, 2.75) is 13.3 Å². The summed E-state index contributed by atoms with van der Waals surface area (Å²) in [6, 6.07) is 3.35. The van der Waals surface area contributed by atoms with Gasteiger partial charge in [-0.15, -0.1) is 0 Å². The summed E-state index contributed by atoms with van der Waals surface area (Å²) in [5.74, 6) is -3.65. The molecule has 104 valence electrons. The third kappa shape index (κ3) is 3.74. The lowest BCUT2D eigenvalue weighted by molar-refractivity contribution is -0.141. The fraction of sp³-hybridized carbons (Fsp3) is 0.385. The Balaban J connectivity index is 2.98. The van der Waals surface area contributed by atoms with Gasteiger partial charge in [-0.25, -0.2) is 8.78 Å². The fourth-order valence-corrected chi connectivity index (χ4v) is 1.58. The molecule has 6 heteroatoms. The van der Waals surface area contributed by atoms with Crippen LogP contribution in [0.1, 0.15) is 23.7 Å². The minimum atomic E-state index is -1.21. The van der Waals surface area contributed by atoms with Crippen LogP contribution in [0.25, 0.3) is 0 Å². The summed E-state index contributed by atoms with van der Waals surface area (Å²) >= 11 is 0. The van der Waals surface area contributed by atoms with E-state index in [1.807, 2.05) is 0 Å². The van der Waals surface area contributed by atoms with Gasteiger partial charge in [0.05, 0.1) is 12.7 Å². The highest BCUT2D eigenvalue weighted by Crippen LogP contribution is 2.14. The molecule has 0 aromatic heterocycles. The van der Waals surface area contributed by atoms with Crippen LogP contribution in [0.15, 0.2) is 18.2 Å². The summed E-state index contributed by atoms with van der Waals surface area (Å²) in [6.07, 6.45) is 0.583. The number of esters is 1. The van der Waals surface area contributed by atoms with Crippen molar-refractivity contribution >= 4 is 11.9 Å². The van der Waals surface area contributed by atoms with E-state index in [0.717, 1.165) is 11.0 Å². The second kappa shape index (κ2) is 6.82. The molecule has 0 heterocycles. The molecular weight excluding hydrogens is 256 g/mol. The smallest absolute Gasteiger partial charge is 0.325 e. The number of rotatable bonds is 5. The number of benzene rings is 1. The quantitative estimate of drug-likeness (QED) is 0.769. The van der Waals surface area contributed by atoms with Crippen LogP contribution >= 0.6 is 0 Å². The molecule has 1 amide bonds. The highest BCUT2D eigenvalue weighted by molar-refractivity contribution is 5.96. The minimum absolute atomic E-state index is 0.254. The average molecular weight is 271 g/mol. The van der Waals surface area contributed by atoms with Gasteiger partial charge >= 0.3 is 5.97 Å². The molecule has 1 aromatic carbocycles. The maximum absolute atomic E-state index is 13.5. The van der Waals surface area contributed by atoms with Gasteiger partial charge in [0.15, 0.2) is 11.6 Å². The average Bonchev–Trinajstić information content (AvgIpc) is 2.40. The van der Waals surface area contributed by atoms with Crippen molar-refractivity contribution in [3.63, 3.8) is 0 Å². The van der Waals surface area contributed by atoms with Crippen molar-refractivity contribution in [3.05, 3.63) is 35.4 Å². The lowest BCUT2D eigenvalue weighted by atomic mass is 10.1. The fourth-order valence-electron chi connectivity index (χ4n) is 1.58. The maximum Gasteiger partial charge on any atom is 0.325 e. The SMILES string of the molecule is CCCN(CC(=O)OC)C(=O)c1cccc(F)c1F. The Labute approximate surface area is 110 Å². The first-order valence-electron chi connectivity index (χ1n) is 5.81. The van der Waals surface area contributed by atoms with E-state index in [1.165, 1.54) is 19.2 Å². The van der Waals surface area contributed by atoms with Crippen LogP contribution in [0.3, 0.4) is 0 Å². The molecule has 0 aliphatic rings. The molecule has 0 fully saturated rings. The third-order valence-corrected chi connectivity index (χ3v) is 2.51. The highest BCUT2D eigenvalue weighted by Gasteiger charge is 2.22. The zero-order valence-corrected chi connectivity index (χ0v) is 10.8. The van der Waals surface area contributed by atoms with Gasteiger partial charge in [0.1, 0.15) is 6.54 Å². The van der Waals surface area contributed by atoms with Crippen LogP contribution in [0.4, 0.5) is 8.78 Å². The van der Waals surface area contributed by atoms with Crippen LogP contribution in [-0.4, -0.2) is 37.0 Å². The van der Waals surface area contributed by atoms with Crippen LogP contribution in [0, 0.1) is 11.6 Å². The first-order chi connectivity index (χ1) is 9.01. The van der Waals surface area contributed by atoms with Gasteiger partial charge in [0.2, 0.25) is 0 Å². The van der Waals surface area contributed by atoms with Crippen molar-refractivity contribution in [2.24, 2.45) is 0 Å². The number of nitrogens with zero attached hydrogens (tertiary/aromatic N) is 1. The predicted molar refractivity (Wildman–Crippen MR) is 64.6 cm³/mol. The van der Waals surface area contributed by atoms with Crippen molar-refractivity contribution < 1.29 is 23.1 Å². The predicted octanol–water partition coefficient (Wildman–Crippen LogP) is 1.99. The van der Waals surface area contributed by atoms with Gasteiger partial charge in [-0.2, -0.15) is 0 Å². The van der Waals surface area contributed by atoms with Crippen molar-refractivity contribution in [2.75, 3.05) is 20.2 Å². The first kappa shape index (κ1) is 15.1. The Morgan fingerprint density at radius 1 is 1.32 bits per heavy atom. The van der Waals surface area contributed by atoms with Crippen LogP contribution in [-0.2, 0) is 9.53 Å². The number of halogens is 2. The van der Waals surface area contributed by atoms with E-state index in [-0.39, 0.29) is 13.1 Å². The molecule has 19 heavy (non-hydrogen) atoms. The van der Waals surface area contributed by atoms with Crippen molar-refractivity contribution in [3.8, 4) is 0 Å². The molecular formula is C13H15F2NO3. The van der Waals surface area contributed by atoms with Crippen LogP contribution in [0.2, 0.25) is 0 Å². The Morgan fingerprint density at radius 3 is 2.58 bits per heavy atom. The van der Waals surface area contributed by atoms with Crippen LogP contribution in [0.5, 0.6) is 0 Å². The largest absolute Gasteiger partial charge is 0.468 e. The zero-order chi connectivity index (χ0) is 14.4. The number of carbonyl (C=O) groups is 2. The van der Waals surface area contributed by atoms with Crippen LogP contribution < -0.4 is 0 Å². The summed E-state index contributed by atoms with van der Waals surface area (Å²) in [5, 5.41) is 0. The van der Waals surface area contributed by atoms with E-state index < -0.39 is 29.1 Å². The minimum Gasteiger partial charge on any atom is -0.468 e. The summed E-state index contributed by atoms with van der Waals surface area (Å²) in [5.41, 5.74) is -0.391. The monoisotopic (exact) mass is 271 g/mol. The highest BCUT2D eigenvalue weighted by atomic mass is 19.2. The summed E-state index contributed by atoms with van der Waals surface area (Å²) in [4.78, 5) is 24.4. The molecule has 0 saturated carbocycles. The number of hydrogen-bond donors (Lipinski definition) is 0. The normalized spacial score (nSPS) is 10.1. The van der Waals surface area contributed by atoms with Gasteiger partial charge in [-0.1, -0.05) is 13.0 Å². The topological polar surface area (TPSA) is 46.6 Å². The Bertz CT molecular complexity index is 477. The molecule has 0 aliphatic heterocycles. The molecule has 1 rings (SSSR count). The lowest BCUT2D eigenvalue weighted by Crippen LogP contribution is -2.37. The number of methoxy groups -OCH3 is 1. The van der Waals surface area contributed by atoms with E-state index in [9.17, 15) is 18.4 Å². The second-order valence-corrected chi connectivity index (χ2v) is 3.90. The third-order valence-electron chi connectivity index (χ3n) is 2.51. The number of hydrogen-bond acceptors (Lipinski definition) is 3. The van der Waals surface area contributed by atoms with E-state index in [0.29, 0.717) is 6.42 Å². The van der Waals surface area contributed by atoms with E-state index in [1.54, 1.807) is 6.92 Å². The molecule has 0 aliphatic carbocycles. The Hall–Kier alpha value is -1.98. The second-order valence-electron chi connectivity index (χ2n) is 3.90. The van der Waals surface area contributed by atoms with Crippen molar-refractivity contribution in [1.29, 1.82) is 0 Å². The molecule has 0 N–H and O–H groups in total. The Kier molecular flexibility index (Phi) is 5.41. The zero-order valence-electron chi connectivity index (χ0n) is 10.8. The summed E-state index contributed by atoms with van der Waals surface area (Å²) in [6.45, 7) is 1.77. The number of ether oxygens (including phenoxy) is 1. The molecule has 0 radical (unpaired) electrons. The molecule has 0 spiro atoms. The van der Waals surface area contributed by atoms with Gasteiger partial charge in [-0.3, -0.25) is 9.59 Å². The molecule has 1 aromatic rings. The molecule has 4 nitrogen and oxygen atoms in total. The van der Waals surface area contributed by atoms with Gasteiger partial charge in [-0.05, 0) is 18.6 Å². The molecule has 0 saturated heterocycles. The summed E-state index contributed by atoms with van der Waals surface area (Å²) in [7, 11) is 1.19. The van der Waals surface area contributed by atoms with Crippen molar-refractivity contribution in [1.82, 2.24) is 4.90 Å². The maximum atomic E-state index is 13.5. The van der Waals surface area contributed by atoms with E-state index >= 15 is 0 Å². The number of amides is 1. The van der Waals surface area contributed by atoms with Gasteiger partial charge in [0, 0.05) is 6.54 Å². The van der Waals surface area contributed by atoms with E-state index in [2.05, 4.69) is 4.74 Å². The van der Waals surface area contributed by atoms with Gasteiger partial charge in [0.25, 0.3) is 5.91 Å². The molecule has 0 atom stereocenters. The lowest BCUT2D eigenvalue weighted by Gasteiger charge is -2.21. The molecule has 0 bridgehead atoms. The number of carbonyl (C=O) groups excluding carboxylic acids is 2. The summed E-state index contributed by atoms with van der Waals surface area (Å²) < 4.78 is 31.1. The molecule has 0 unspecified atom stereocenters. The first-order valence-corrected chi connectivity index (χ1v) is 5.81. The standard InChI is InChI=1S/C13H15F2NO3/c1-3-7-16(8-11(17)19-2)13(18)9-5-4-6-10(14)12(9)15/h4-6H,3,7-8H2,1-2H3. The Morgan fingerprint density at radius 2 is 2.00 bits per heavy atom.